The minimum atomic E-state index is -0.995. The first-order chi connectivity index (χ1) is 8.90. The zero-order valence-corrected chi connectivity index (χ0v) is 11.3. The van der Waals surface area contributed by atoms with Crippen LogP contribution in [0.25, 0.3) is 0 Å². The highest BCUT2D eigenvalue weighted by atomic mass is 16.4. The van der Waals surface area contributed by atoms with E-state index >= 15 is 0 Å². The van der Waals surface area contributed by atoms with E-state index in [1.165, 1.54) is 4.90 Å². The number of nitrogens with zero attached hydrogens (tertiary/aromatic N) is 2. The van der Waals surface area contributed by atoms with Gasteiger partial charge in [-0.2, -0.15) is 0 Å². The highest BCUT2D eigenvalue weighted by Gasteiger charge is 2.42. The topological polar surface area (TPSA) is 77.9 Å². The molecule has 0 radical (unpaired) electrons. The zero-order valence-electron chi connectivity index (χ0n) is 11.3. The highest BCUT2D eigenvalue weighted by molar-refractivity contribution is 5.91. The summed E-state index contributed by atoms with van der Waals surface area (Å²) >= 11 is 0. The fourth-order valence-corrected chi connectivity index (χ4v) is 2.55. The predicted molar refractivity (Wildman–Crippen MR) is 67.3 cm³/mol. The van der Waals surface area contributed by atoms with Crippen LogP contribution in [0.5, 0.6) is 0 Å². The summed E-state index contributed by atoms with van der Waals surface area (Å²) in [7, 11) is 0. The molecule has 0 aromatic carbocycles. The maximum Gasteiger partial charge on any atom is 0.323 e. The van der Waals surface area contributed by atoms with Crippen molar-refractivity contribution in [1.29, 1.82) is 0 Å². The average Bonchev–Trinajstić information content (AvgIpc) is 3.07. The largest absolute Gasteiger partial charge is 0.480 e. The Kier molecular flexibility index (Phi) is 3.78. The second-order valence-corrected chi connectivity index (χ2v) is 5.63. The van der Waals surface area contributed by atoms with Gasteiger partial charge in [0.25, 0.3) is 0 Å². The van der Waals surface area contributed by atoms with E-state index in [0.717, 1.165) is 12.8 Å². The van der Waals surface area contributed by atoms with Crippen molar-refractivity contribution in [2.45, 2.75) is 45.2 Å². The SMILES string of the molecule is CC(C)N1CC(C(=O)N(CC(=O)O)C2CC2)CC1=O. The number of hydrogen-bond acceptors (Lipinski definition) is 3. The van der Waals surface area contributed by atoms with Crippen molar-refractivity contribution in [3.63, 3.8) is 0 Å². The van der Waals surface area contributed by atoms with Crippen molar-refractivity contribution in [2.24, 2.45) is 5.92 Å². The number of amides is 2. The molecule has 2 amide bonds. The van der Waals surface area contributed by atoms with E-state index in [1.807, 2.05) is 13.8 Å². The van der Waals surface area contributed by atoms with Crippen molar-refractivity contribution in [3.05, 3.63) is 0 Å². The van der Waals surface area contributed by atoms with Gasteiger partial charge in [0, 0.05) is 25.0 Å². The lowest BCUT2D eigenvalue weighted by Crippen LogP contribution is -2.42. The maximum absolute atomic E-state index is 12.4. The van der Waals surface area contributed by atoms with Crippen LogP contribution in [0.15, 0.2) is 0 Å². The molecule has 1 N–H and O–H groups in total. The van der Waals surface area contributed by atoms with Gasteiger partial charge in [0.2, 0.25) is 11.8 Å². The highest BCUT2D eigenvalue weighted by Crippen LogP contribution is 2.30. The Hall–Kier alpha value is -1.59. The Morgan fingerprint density at radius 1 is 1.42 bits per heavy atom. The number of likely N-dealkylation sites (tertiary alicyclic amines) is 1. The minimum absolute atomic E-state index is 0.0144. The van der Waals surface area contributed by atoms with Gasteiger partial charge in [-0.15, -0.1) is 0 Å². The van der Waals surface area contributed by atoms with Crippen molar-refractivity contribution in [3.8, 4) is 0 Å². The molecule has 19 heavy (non-hydrogen) atoms. The van der Waals surface area contributed by atoms with E-state index in [1.54, 1.807) is 4.90 Å². The first-order valence-corrected chi connectivity index (χ1v) is 6.72. The van der Waals surface area contributed by atoms with Crippen molar-refractivity contribution in [1.82, 2.24) is 9.80 Å². The molecule has 0 aromatic heterocycles. The number of aliphatic carboxylic acids is 1. The molecule has 1 heterocycles. The van der Waals surface area contributed by atoms with E-state index in [-0.39, 0.29) is 42.8 Å². The lowest BCUT2D eigenvalue weighted by atomic mass is 10.1. The molecule has 1 unspecified atom stereocenters. The van der Waals surface area contributed by atoms with Gasteiger partial charge in [-0.3, -0.25) is 14.4 Å². The summed E-state index contributed by atoms with van der Waals surface area (Å²) in [5.74, 6) is -1.57. The number of rotatable bonds is 5. The summed E-state index contributed by atoms with van der Waals surface area (Å²) in [4.78, 5) is 38.1. The van der Waals surface area contributed by atoms with Crippen LogP contribution in [-0.2, 0) is 14.4 Å². The number of hydrogen-bond donors (Lipinski definition) is 1. The molecule has 106 valence electrons. The van der Waals surface area contributed by atoms with E-state index in [2.05, 4.69) is 0 Å². The summed E-state index contributed by atoms with van der Waals surface area (Å²) in [5, 5.41) is 8.87. The Morgan fingerprint density at radius 3 is 2.47 bits per heavy atom. The molecule has 1 aliphatic heterocycles. The lowest BCUT2D eigenvalue weighted by Gasteiger charge is -2.25. The van der Waals surface area contributed by atoms with E-state index in [4.69, 9.17) is 5.11 Å². The molecule has 6 heteroatoms. The molecule has 1 aliphatic carbocycles. The van der Waals surface area contributed by atoms with Crippen molar-refractivity contribution < 1.29 is 19.5 Å². The van der Waals surface area contributed by atoms with Crippen molar-refractivity contribution >= 4 is 17.8 Å². The van der Waals surface area contributed by atoms with Crippen LogP contribution in [0.3, 0.4) is 0 Å². The van der Waals surface area contributed by atoms with Gasteiger partial charge < -0.3 is 14.9 Å². The molecule has 2 fully saturated rings. The molecular weight excluding hydrogens is 248 g/mol. The zero-order chi connectivity index (χ0) is 14.2. The second kappa shape index (κ2) is 5.19. The third-order valence-corrected chi connectivity index (χ3v) is 3.71. The smallest absolute Gasteiger partial charge is 0.323 e. The van der Waals surface area contributed by atoms with Gasteiger partial charge in [0.15, 0.2) is 0 Å². The standard InChI is InChI=1S/C13H20N2O4/c1-8(2)14-6-9(5-11(14)16)13(19)15(7-12(17)18)10-3-4-10/h8-10H,3-7H2,1-2H3,(H,17,18). The predicted octanol–water partition coefficient (Wildman–Crippen LogP) is 0.319. The van der Waals surface area contributed by atoms with E-state index < -0.39 is 5.97 Å². The molecule has 2 aliphatic rings. The van der Waals surface area contributed by atoms with Gasteiger partial charge in [0.1, 0.15) is 6.54 Å². The third kappa shape index (κ3) is 3.05. The van der Waals surface area contributed by atoms with Gasteiger partial charge in [0.05, 0.1) is 5.92 Å². The van der Waals surface area contributed by atoms with Gasteiger partial charge in [-0.1, -0.05) is 0 Å². The Labute approximate surface area is 112 Å². The Balaban J connectivity index is 2.02. The van der Waals surface area contributed by atoms with Crippen LogP contribution in [0, 0.1) is 5.92 Å². The second-order valence-electron chi connectivity index (χ2n) is 5.63. The van der Waals surface area contributed by atoms with Gasteiger partial charge in [-0.25, -0.2) is 0 Å². The van der Waals surface area contributed by atoms with Crippen LogP contribution in [0.1, 0.15) is 33.1 Å². The fourth-order valence-electron chi connectivity index (χ4n) is 2.55. The monoisotopic (exact) mass is 268 g/mol. The summed E-state index contributed by atoms with van der Waals surface area (Å²) in [6, 6.07) is 0.144. The molecule has 2 rings (SSSR count). The number of carboxylic acids is 1. The third-order valence-electron chi connectivity index (χ3n) is 3.71. The first kappa shape index (κ1) is 13.8. The average molecular weight is 268 g/mol. The minimum Gasteiger partial charge on any atom is -0.480 e. The van der Waals surface area contributed by atoms with Crippen LogP contribution in [0.2, 0.25) is 0 Å². The molecule has 6 nitrogen and oxygen atoms in total. The summed E-state index contributed by atoms with van der Waals surface area (Å²) in [6.07, 6.45) is 1.95. The van der Waals surface area contributed by atoms with Crippen LogP contribution >= 0.6 is 0 Å². The molecule has 1 saturated carbocycles. The lowest BCUT2D eigenvalue weighted by molar-refractivity contribution is -0.146. The molecule has 0 aromatic rings. The van der Waals surface area contributed by atoms with Crippen LogP contribution in [-0.4, -0.2) is 57.9 Å². The first-order valence-electron chi connectivity index (χ1n) is 6.72. The molecule has 0 bridgehead atoms. The summed E-state index contributed by atoms with van der Waals surface area (Å²) < 4.78 is 0. The van der Waals surface area contributed by atoms with Crippen LogP contribution in [0.4, 0.5) is 0 Å². The quantitative estimate of drug-likeness (QED) is 0.779. The maximum atomic E-state index is 12.4. The number of carbonyl (C=O) groups is 3. The van der Waals surface area contributed by atoms with E-state index in [9.17, 15) is 14.4 Å². The van der Waals surface area contributed by atoms with Crippen LogP contribution < -0.4 is 0 Å². The number of carbonyl (C=O) groups excluding carboxylic acids is 2. The Morgan fingerprint density at radius 2 is 2.05 bits per heavy atom. The summed E-state index contributed by atoms with van der Waals surface area (Å²) in [6.45, 7) is 4.00. The summed E-state index contributed by atoms with van der Waals surface area (Å²) in [5.41, 5.74) is 0. The molecular formula is C13H20N2O4. The normalized spacial score (nSPS) is 23.0. The van der Waals surface area contributed by atoms with Gasteiger partial charge in [-0.05, 0) is 26.7 Å². The van der Waals surface area contributed by atoms with E-state index in [0.29, 0.717) is 6.54 Å². The molecule has 0 spiro atoms. The molecule has 1 atom stereocenters. The molecule has 1 saturated heterocycles. The fraction of sp³-hybridized carbons (Fsp3) is 0.769. The van der Waals surface area contributed by atoms with Gasteiger partial charge >= 0.3 is 5.97 Å². The number of carboxylic acid groups (broad SMARTS) is 1. The Bertz CT molecular complexity index is 403. The van der Waals surface area contributed by atoms with Crippen molar-refractivity contribution in [2.75, 3.05) is 13.1 Å².